The molecule has 0 bridgehead atoms. The number of piperidine rings is 1. The van der Waals surface area contributed by atoms with Gasteiger partial charge in [-0.2, -0.15) is 0 Å². The van der Waals surface area contributed by atoms with Gasteiger partial charge in [-0.3, -0.25) is 14.0 Å². The molecule has 0 aliphatic carbocycles. The van der Waals surface area contributed by atoms with Gasteiger partial charge in [0, 0.05) is 52.9 Å². The zero-order chi connectivity index (χ0) is 19.0. The van der Waals surface area contributed by atoms with Gasteiger partial charge in [0.15, 0.2) is 5.96 Å². The molecule has 1 rings (SSSR count). The molecule has 0 saturated carbocycles. The zero-order valence-corrected chi connectivity index (χ0v) is 20.3. The van der Waals surface area contributed by atoms with Gasteiger partial charge in [0.25, 0.3) is 0 Å². The van der Waals surface area contributed by atoms with Gasteiger partial charge in [-0.05, 0) is 40.5 Å². The molecule has 1 amide bonds. The molecular weight excluding hydrogens is 463 g/mol. The smallest absolute Gasteiger partial charge is 0.225 e. The van der Waals surface area contributed by atoms with Crippen LogP contribution in [0.4, 0.5) is 0 Å². The second-order valence-electron chi connectivity index (χ2n) is 7.82. The number of carbonyl (C=O) groups excluding carboxylic acids is 1. The summed E-state index contributed by atoms with van der Waals surface area (Å²) in [5.74, 6) is 1.65. The summed E-state index contributed by atoms with van der Waals surface area (Å²) in [7, 11) is -0.886. The number of halogens is 1. The molecule has 6 nitrogen and oxygen atoms in total. The molecule has 0 spiro atoms. The van der Waals surface area contributed by atoms with E-state index >= 15 is 0 Å². The molecule has 1 saturated heterocycles. The Labute approximate surface area is 178 Å². The highest BCUT2D eigenvalue weighted by Crippen LogP contribution is 2.13. The van der Waals surface area contributed by atoms with E-state index in [-0.39, 0.29) is 40.5 Å². The van der Waals surface area contributed by atoms with Gasteiger partial charge in [0.1, 0.15) is 0 Å². The van der Waals surface area contributed by atoms with Crippen LogP contribution in [-0.2, 0) is 15.6 Å². The number of nitrogens with zero attached hydrogens (tertiary/aromatic N) is 2. The Morgan fingerprint density at radius 2 is 1.85 bits per heavy atom. The van der Waals surface area contributed by atoms with E-state index in [9.17, 15) is 9.00 Å². The highest BCUT2D eigenvalue weighted by Gasteiger charge is 2.24. The van der Waals surface area contributed by atoms with E-state index < -0.39 is 10.8 Å². The lowest BCUT2D eigenvalue weighted by molar-refractivity contribution is -0.135. The topological polar surface area (TPSA) is 73.8 Å². The van der Waals surface area contributed by atoms with Crippen molar-refractivity contribution in [2.24, 2.45) is 10.9 Å². The summed E-state index contributed by atoms with van der Waals surface area (Å²) < 4.78 is 11.9. The minimum Gasteiger partial charge on any atom is -0.357 e. The zero-order valence-electron chi connectivity index (χ0n) is 17.1. The molecule has 1 fully saturated rings. The van der Waals surface area contributed by atoms with Crippen LogP contribution >= 0.6 is 24.0 Å². The minimum atomic E-state index is -0.886. The number of hydrogen-bond donors (Lipinski definition) is 2. The Morgan fingerprint density at radius 3 is 2.31 bits per heavy atom. The molecule has 1 unspecified atom stereocenters. The van der Waals surface area contributed by atoms with Gasteiger partial charge in [0.05, 0.1) is 6.54 Å². The predicted octanol–water partition coefficient (Wildman–Crippen LogP) is 2.35. The number of guanidine groups is 1. The standard InChI is InChI=1S/C18H36N4O2S.HI/c1-7-19-17(20-10-13-25(24)18(4,5)6)21-15-8-11-22(12-9-15)16(23)14(2)3;/h14-15H,7-13H2,1-6H3,(H2,19,20,21);1H. The highest BCUT2D eigenvalue weighted by molar-refractivity contribution is 14.0. The average molecular weight is 500 g/mol. The lowest BCUT2D eigenvalue weighted by atomic mass is 10.0. The summed E-state index contributed by atoms with van der Waals surface area (Å²) in [5.41, 5.74) is 0. The Kier molecular flexibility index (Phi) is 12.0. The number of rotatable bonds is 6. The van der Waals surface area contributed by atoms with Crippen LogP contribution in [-0.4, -0.2) is 63.7 Å². The van der Waals surface area contributed by atoms with Gasteiger partial charge in [-0.1, -0.05) is 13.8 Å². The fourth-order valence-electron chi connectivity index (χ4n) is 2.67. The van der Waals surface area contributed by atoms with Crippen LogP contribution in [0.1, 0.15) is 54.4 Å². The quantitative estimate of drug-likeness (QED) is 0.334. The average Bonchev–Trinajstić information content (AvgIpc) is 2.54. The van der Waals surface area contributed by atoms with E-state index in [1.54, 1.807) is 0 Å². The van der Waals surface area contributed by atoms with Crippen molar-refractivity contribution in [3.8, 4) is 0 Å². The van der Waals surface area contributed by atoms with Crippen LogP contribution in [0, 0.1) is 5.92 Å². The second-order valence-corrected chi connectivity index (χ2v) is 10.1. The van der Waals surface area contributed by atoms with Crippen molar-refractivity contribution in [3.05, 3.63) is 0 Å². The van der Waals surface area contributed by atoms with E-state index in [1.807, 2.05) is 46.4 Å². The van der Waals surface area contributed by atoms with Crippen LogP contribution < -0.4 is 10.6 Å². The molecule has 8 heteroatoms. The molecule has 1 aliphatic rings. The maximum absolute atomic E-state index is 12.1. The Balaban J connectivity index is 0.00000625. The number of amides is 1. The van der Waals surface area contributed by atoms with Gasteiger partial charge >= 0.3 is 0 Å². The molecule has 0 radical (unpaired) electrons. The third-order valence-corrected chi connectivity index (χ3v) is 6.13. The molecule has 26 heavy (non-hydrogen) atoms. The van der Waals surface area contributed by atoms with E-state index in [0.29, 0.717) is 18.3 Å². The molecule has 0 aromatic heterocycles. The van der Waals surface area contributed by atoms with Crippen molar-refractivity contribution in [3.63, 3.8) is 0 Å². The van der Waals surface area contributed by atoms with E-state index in [0.717, 1.165) is 38.4 Å². The van der Waals surface area contributed by atoms with Crippen LogP contribution in [0.2, 0.25) is 0 Å². The van der Waals surface area contributed by atoms with E-state index in [1.165, 1.54) is 0 Å². The van der Waals surface area contributed by atoms with Crippen LogP contribution in [0.3, 0.4) is 0 Å². The van der Waals surface area contributed by atoms with Crippen molar-refractivity contribution in [2.75, 3.05) is 31.9 Å². The summed E-state index contributed by atoms with van der Waals surface area (Å²) in [6.45, 7) is 14.8. The van der Waals surface area contributed by atoms with Crippen LogP contribution in [0.25, 0.3) is 0 Å². The molecule has 2 N–H and O–H groups in total. The molecular formula is C18H37IN4O2S. The van der Waals surface area contributed by atoms with Crippen LogP contribution in [0.15, 0.2) is 4.99 Å². The SMILES string of the molecule is CCNC(=NCCS(=O)C(C)(C)C)NC1CCN(C(=O)C(C)C)CC1.I. The largest absolute Gasteiger partial charge is 0.357 e. The van der Waals surface area contributed by atoms with Crippen LogP contribution in [0.5, 0.6) is 0 Å². The normalized spacial score (nSPS) is 17.7. The van der Waals surface area contributed by atoms with Gasteiger partial charge in [-0.25, -0.2) is 0 Å². The van der Waals surface area contributed by atoms with Crippen molar-refractivity contribution in [1.82, 2.24) is 15.5 Å². The van der Waals surface area contributed by atoms with Crippen molar-refractivity contribution in [1.29, 1.82) is 0 Å². The predicted molar refractivity (Wildman–Crippen MR) is 122 cm³/mol. The molecule has 0 aromatic rings. The van der Waals surface area contributed by atoms with Gasteiger partial charge in [-0.15, -0.1) is 24.0 Å². The van der Waals surface area contributed by atoms with Crippen molar-refractivity contribution >= 4 is 46.6 Å². The first kappa shape index (κ1) is 25.6. The van der Waals surface area contributed by atoms with Gasteiger partial charge in [0.2, 0.25) is 5.91 Å². The first-order valence-corrected chi connectivity index (χ1v) is 10.7. The highest BCUT2D eigenvalue weighted by atomic mass is 127. The summed E-state index contributed by atoms with van der Waals surface area (Å²) in [4.78, 5) is 18.6. The lowest BCUT2D eigenvalue weighted by Gasteiger charge is -2.34. The van der Waals surface area contributed by atoms with Crippen molar-refractivity contribution < 1.29 is 9.00 Å². The number of nitrogens with one attached hydrogen (secondary N) is 2. The summed E-state index contributed by atoms with van der Waals surface area (Å²) in [6, 6.07) is 0.321. The number of hydrogen-bond acceptors (Lipinski definition) is 3. The maximum atomic E-state index is 12.1. The Morgan fingerprint density at radius 1 is 1.27 bits per heavy atom. The lowest BCUT2D eigenvalue weighted by Crippen LogP contribution is -2.50. The molecule has 0 aromatic carbocycles. The van der Waals surface area contributed by atoms with E-state index in [4.69, 9.17) is 0 Å². The summed E-state index contributed by atoms with van der Waals surface area (Å²) in [5, 5.41) is 6.71. The minimum absolute atomic E-state index is 0. The number of likely N-dealkylation sites (tertiary alicyclic amines) is 1. The van der Waals surface area contributed by atoms with Crippen molar-refractivity contribution in [2.45, 2.75) is 65.2 Å². The Hall–Kier alpha value is -0.380. The Bertz CT molecular complexity index is 484. The summed E-state index contributed by atoms with van der Waals surface area (Å²) >= 11 is 0. The number of carbonyl (C=O) groups is 1. The maximum Gasteiger partial charge on any atom is 0.225 e. The second kappa shape index (κ2) is 12.2. The van der Waals surface area contributed by atoms with E-state index in [2.05, 4.69) is 15.6 Å². The molecule has 154 valence electrons. The fourth-order valence-corrected chi connectivity index (χ4v) is 3.54. The summed E-state index contributed by atoms with van der Waals surface area (Å²) in [6.07, 6.45) is 1.85. The third kappa shape index (κ3) is 9.01. The monoisotopic (exact) mass is 500 g/mol. The third-order valence-electron chi connectivity index (χ3n) is 4.22. The first-order valence-electron chi connectivity index (χ1n) is 9.37. The molecule has 1 heterocycles. The molecule has 1 aliphatic heterocycles. The van der Waals surface area contributed by atoms with Gasteiger partial charge < -0.3 is 15.5 Å². The molecule has 1 atom stereocenters. The number of aliphatic imine (C=N–C) groups is 1. The fraction of sp³-hybridized carbons (Fsp3) is 0.889. The first-order chi connectivity index (χ1) is 11.6.